The molecule has 1 N–H and O–H groups in total. The molecule has 0 aromatic heterocycles. The third-order valence-electron chi connectivity index (χ3n) is 4.59. The highest BCUT2D eigenvalue weighted by atomic mass is 32.2. The molecule has 132 valence electrons. The van der Waals surface area contributed by atoms with Gasteiger partial charge >= 0.3 is 0 Å². The molecule has 0 radical (unpaired) electrons. The van der Waals surface area contributed by atoms with E-state index < -0.39 is 22.2 Å². The number of aliphatic hydroxyl groups is 1. The minimum Gasteiger partial charge on any atom is -0.380 e. The van der Waals surface area contributed by atoms with Crippen LogP contribution in [0, 0.1) is 6.92 Å². The molecule has 0 bridgehead atoms. The predicted molar refractivity (Wildman–Crippen MR) is 97.6 cm³/mol. The first-order valence-electron chi connectivity index (χ1n) is 8.02. The Balaban J connectivity index is 1.99. The fourth-order valence-electron chi connectivity index (χ4n) is 3.13. The Kier molecular flexibility index (Phi) is 4.93. The summed E-state index contributed by atoms with van der Waals surface area (Å²) in [5.74, 6) is -0.985. The van der Waals surface area contributed by atoms with Crippen LogP contribution in [0.15, 0.2) is 65.6 Å². The van der Waals surface area contributed by atoms with Crippen molar-refractivity contribution in [1.82, 2.24) is 0 Å². The Morgan fingerprint density at radius 3 is 2.16 bits per heavy atom. The first-order valence-corrected chi connectivity index (χ1v) is 9.34. The lowest BCUT2D eigenvalue weighted by molar-refractivity contribution is -0.182. The molecular formula is C20H22O4S. The molecule has 25 heavy (non-hydrogen) atoms. The maximum atomic E-state index is 12.8. The molecule has 0 aliphatic heterocycles. The molecule has 1 aliphatic carbocycles. The molecule has 3 rings (SSSR count). The van der Waals surface area contributed by atoms with E-state index in [1.165, 1.54) is 0 Å². The van der Waals surface area contributed by atoms with Crippen LogP contribution in [0.4, 0.5) is 0 Å². The van der Waals surface area contributed by atoms with Crippen LogP contribution in [-0.2, 0) is 31.7 Å². The van der Waals surface area contributed by atoms with Crippen LogP contribution in [0.25, 0.3) is 0 Å². The highest BCUT2D eigenvalue weighted by molar-refractivity contribution is 7.85. The summed E-state index contributed by atoms with van der Waals surface area (Å²) in [6.07, 6.45) is 3.30. The minimum absolute atomic E-state index is 0.0626. The minimum atomic E-state index is -1.35. The summed E-state index contributed by atoms with van der Waals surface area (Å²) in [5.41, 5.74) is 1.10. The maximum Gasteiger partial charge on any atom is 0.215 e. The van der Waals surface area contributed by atoms with Crippen LogP contribution in [-0.4, -0.2) is 29.3 Å². The third kappa shape index (κ3) is 3.20. The van der Waals surface area contributed by atoms with Crippen LogP contribution in [0.3, 0.4) is 0 Å². The van der Waals surface area contributed by atoms with E-state index in [0.29, 0.717) is 16.0 Å². The number of fused-ring (bicyclic) bond motifs is 1. The summed E-state index contributed by atoms with van der Waals surface area (Å²) in [6.45, 7) is 1.98. The van der Waals surface area contributed by atoms with E-state index in [1.54, 1.807) is 26.4 Å². The van der Waals surface area contributed by atoms with Crippen molar-refractivity contribution in [2.45, 2.75) is 23.2 Å². The van der Waals surface area contributed by atoms with Gasteiger partial charge in [0.2, 0.25) is 5.79 Å². The van der Waals surface area contributed by atoms with E-state index in [0.717, 1.165) is 5.56 Å². The molecule has 1 aliphatic rings. The Morgan fingerprint density at radius 1 is 0.960 bits per heavy atom. The molecule has 0 fully saturated rings. The van der Waals surface area contributed by atoms with Crippen molar-refractivity contribution in [2.24, 2.45) is 0 Å². The van der Waals surface area contributed by atoms with Crippen molar-refractivity contribution < 1.29 is 18.8 Å². The van der Waals surface area contributed by atoms with Gasteiger partial charge in [-0.25, -0.2) is 0 Å². The van der Waals surface area contributed by atoms with E-state index in [4.69, 9.17) is 9.47 Å². The number of methoxy groups -OCH3 is 2. The van der Waals surface area contributed by atoms with Crippen LogP contribution >= 0.6 is 0 Å². The van der Waals surface area contributed by atoms with Gasteiger partial charge in [0.25, 0.3) is 0 Å². The van der Waals surface area contributed by atoms with Gasteiger partial charge in [-0.1, -0.05) is 42.0 Å². The lowest BCUT2D eigenvalue weighted by Crippen LogP contribution is -2.41. The van der Waals surface area contributed by atoms with Crippen LogP contribution in [0.1, 0.15) is 16.7 Å². The molecule has 0 heterocycles. The molecule has 1 unspecified atom stereocenters. The van der Waals surface area contributed by atoms with E-state index >= 15 is 0 Å². The van der Waals surface area contributed by atoms with Crippen molar-refractivity contribution in [2.75, 3.05) is 20.0 Å². The van der Waals surface area contributed by atoms with Gasteiger partial charge < -0.3 is 14.6 Å². The number of benzene rings is 2. The van der Waals surface area contributed by atoms with Gasteiger partial charge in [0.05, 0.1) is 16.6 Å². The van der Waals surface area contributed by atoms with Gasteiger partial charge in [-0.15, -0.1) is 0 Å². The Bertz CT molecular complexity index is 809. The molecule has 0 saturated heterocycles. The van der Waals surface area contributed by atoms with Gasteiger partial charge in [0, 0.05) is 24.7 Å². The normalized spacial score (nSPS) is 22.4. The van der Waals surface area contributed by atoms with E-state index in [1.807, 2.05) is 55.5 Å². The van der Waals surface area contributed by atoms with Crippen molar-refractivity contribution in [3.8, 4) is 0 Å². The van der Waals surface area contributed by atoms with Gasteiger partial charge in [-0.2, -0.15) is 0 Å². The summed E-state index contributed by atoms with van der Waals surface area (Å²) in [7, 11) is 1.76. The number of aryl methyl sites for hydroxylation is 1. The Hall–Kier alpha value is -1.79. The summed E-state index contributed by atoms with van der Waals surface area (Å²) >= 11 is 0. The number of hydrogen-bond acceptors (Lipinski definition) is 4. The molecule has 0 saturated carbocycles. The standard InChI is InChI=1S/C20H22O4S/c1-15-8-10-16(11-9-15)25(22)14-19(21)12-13-20(23-2,24-3)18-7-5-4-6-17(18)19/h4-13,21H,14H2,1-3H3/t19?,25-/m1/s1. The molecule has 2 atom stereocenters. The summed E-state index contributed by atoms with van der Waals surface area (Å²) in [4.78, 5) is 0.695. The predicted octanol–water partition coefficient (Wildman–Crippen LogP) is 3.01. The lowest BCUT2D eigenvalue weighted by atomic mass is 9.82. The molecule has 0 spiro atoms. The molecule has 0 amide bonds. The molecule has 2 aromatic carbocycles. The van der Waals surface area contributed by atoms with E-state index in [9.17, 15) is 9.32 Å². The molecule has 2 aromatic rings. The SMILES string of the molecule is COC1(OC)C=CC(O)(C[S@@](=O)c2ccc(C)cc2)c2ccccc21. The highest BCUT2D eigenvalue weighted by Gasteiger charge is 2.43. The number of ether oxygens (including phenoxy) is 2. The van der Waals surface area contributed by atoms with E-state index in [2.05, 4.69) is 0 Å². The average Bonchev–Trinajstić information content (AvgIpc) is 2.63. The van der Waals surface area contributed by atoms with Crippen molar-refractivity contribution >= 4 is 10.8 Å². The first-order chi connectivity index (χ1) is 11.9. The summed E-state index contributed by atoms with van der Waals surface area (Å²) < 4.78 is 23.9. The van der Waals surface area contributed by atoms with Gasteiger partial charge in [0.1, 0.15) is 5.60 Å². The van der Waals surface area contributed by atoms with Crippen LogP contribution in [0.2, 0.25) is 0 Å². The van der Waals surface area contributed by atoms with Crippen molar-refractivity contribution in [1.29, 1.82) is 0 Å². The number of hydrogen-bond donors (Lipinski definition) is 1. The summed E-state index contributed by atoms with van der Waals surface area (Å²) in [6, 6.07) is 14.9. The fraction of sp³-hybridized carbons (Fsp3) is 0.300. The second-order valence-corrected chi connectivity index (χ2v) is 7.63. The zero-order chi connectivity index (χ0) is 18.1. The van der Waals surface area contributed by atoms with Crippen molar-refractivity contribution in [3.05, 3.63) is 77.4 Å². The fourth-order valence-corrected chi connectivity index (χ4v) is 4.39. The van der Waals surface area contributed by atoms with Crippen molar-refractivity contribution in [3.63, 3.8) is 0 Å². The molecule has 5 heteroatoms. The van der Waals surface area contributed by atoms with Crippen LogP contribution < -0.4 is 0 Å². The average molecular weight is 358 g/mol. The Labute approximate surface area is 150 Å². The van der Waals surface area contributed by atoms with Gasteiger partial charge in [-0.3, -0.25) is 4.21 Å². The quantitative estimate of drug-likeness (QED) is 0.659. The van der Waals surface area contributed by atoms with E-state index in [-0.39, 0.29) is 5.75 Å². The maximum absolute atomic E-state index is 12.8. The zero-order valence-electron chi connectivity index (χ0n) is 14.6. The zero-order valence-corrected chi connectivity index (χ0v) is 15.4. The van der Waals surface area contributed by atoms with Gasteiger partial charge in [0.15, 0.2) is 0 Å². The highest BCUT2D eigenvalue weighted by Crippen LogP contribution is 2.42. The Morgan fingerprint density at radius 2 is 1.56 bits per heavy atom. The topological polar surface area (TPSA) is 55.8 Å². The first kappa shape index (κ1) is 18.0. The summed E-state index contributed by atoms with van der Waals surface area (Å²) in [5, 5.41) is 11.2. The second-order valence-electron chi connectivity index (χ2n) is 6.18. The largest absolute Gasteiger partial charge is 0.380 e. The second kappa shape index (κ2) is 6.84. The van der Waals surface area contributed by atoms with Gasteiger partial charge in [-0.05, 0) is 36.8 Å². The lowest BCUT2D eigenvalue weighted by Gasteiger charge is -2.39. The number of rotatable bonds is 5. The molecular weight excluding hydrogens is 336 g/mol. The smallest absolute Gasteiger partial charge is 0.215 e. The third-order valence-corrected chi connectivity index (χ3v) is 6.09. The monoisotopic (exact) mass is 358 g/mol. The molecule has 4 nitrogen and oxygen atoms in total. The van der Waals surface area contributed by atoms with Crippen LogP contribution in [0.5, 0.6) is 0 Å².